The Balaban J connectivity index is 2.19. The highest BCUT2D eigenvalue weighted by atomic mass is 32.2. The molecule has 0 fully saturated rings. The zero-order valence-electron chi connectivity index (χ0n) is 12.7. The molecule has 24 heavy (non-hydrogen) atoms. The summed E-state index contributed by atoms with van der Waals surface area (Å²) in [6, 6.07) is 14.1. The minimum absolute atomic E-state index is 0.00294. The number of nitriles is 1. The fourth-order valence-electron chi connectivity index (χ4n) is 1.89. The SMILES string of the molecule is C=CCNS(=O)(=O)c1cccc(C(=O)Nc2ccc(C#N)cc2)c1. The molecular weight excluding hydrogens is 326 g/mol. The van der Waals surface area contributed by atoms with Gasteiger partial charge in [-0.1, -0.05) is 12.1 Å². The van der Waals surface area contributed by atoms with Crippen LogP contribution in [0.4, 0.5) is 5.69 Å². The van der Waals surface area contributed by atoms with Gasteiger partial charge in [-0.2, -0.15) is 5.26 Å². The van der Waals surface area contributed by atoms with Gasteiger partial charge in [0, 0.05) is 17.8 Å². The maximum Gasteiger partial charge on any atom is 0.255 e. The molecule has 0 saturated heterocycles. The van der Waals surface area contributed by atoms with Crippen molar-refractivity contribution in [2.45, 2.75) is 4.90 Å². The van der Waals surface area contributed by atoms with E-state index in [0.29, 0.717) is 11.3 Å². The molecule has 2 aromatic carbocycles. The summed E-state index contributed by atoms with van der Waals surface area (Å²) in [5.41, 5.74) is 1.20. The Bertz CT molecular complexity index is 897. The summed E-state index contributed by atoms with van der Waals surface area (Å²) in [4.78, 5) is 12.3. The molecule has 2 rings (SSSR count). The quantitative estimate of drug-likeness (QED) is 0.787. The van der Waals surface area contributed by atoms with Crippen molar-refractivity contribution in [2.24, 2.45) is 0 Å². The van der Waals surface area contributed by atoms with Crippen molar-refractivity contribution in [3.63, 3.8) is 0 Å². The second-order valence-electron chi connectivity index (χ2n) is 4.81. The van der Waals surface area contributed by atoms with E-state index in [1.54, 1.807) is 24.3 Å². The Morgan fingerprint density at radius 2 is 1.92 bits per heavy atom. The molecule has 1 amide bonds. The molecule has 7 heteroatoms. The molecule has 2 N–H and O–H groups in total. The molecule has 0 atom stereocenters. The number of carbonyl (C=O) groups excluding carboxylic acids is 1. The van der Waals surface area contributed by atoms with Crippen molar-refractivity contribution < 1.29 is 13.2 Å². The Labute approximate surface area is 140 Å². The summed E-state index contributed by atoms with van der Waals surface area (Å²) in [6.07, 6.45) is 1.43. The highest BCUT2D eigenvalue weighted by Gasteiger charge is 2.15. The summed E-state index contributed by atoms with van der Waals surface area (Å²) in [7, 11) is -3.70. The number of rotatable bonds is 6. The van der Waals surface area contributed by atoms with E-state index in [2.05, 4.69) is 16.6 Å². The van der Waals surface area contributed by atoms with Gasteiger partial charge in [0.2, 0.25) is 10.0 Å². The predicted octanol–water partition coefficient (Wildman–Crippen LogP) is 2.27. The third-order valence-electron chi connectivity index (χ3n) is 3.10. The first-order valence-electron chi connectivity index (χ1n) is 6.98. The van der Waals surface area contributed by atoms with Crippen LogP contribution >= 0.6 is 0 Å². The van der Waals surface area contributed by atoms with Crippen LogP contribution in [0.3, 0.4) is 0 Å². The number of carbonyl (C=O) groups is 1. The maximum absolute atomic E-state index is 12.3. The molecule has 0 aromatic heterocycles. The third-order valence-corrected chi connectivity index (χ3v) is 4.52. The van der Waals surface area contributed by atoms with Crippen LogP contribution in [0.15, 0.2) is 66.1 Å². The monoisotopic (exact) mass is 341 g/mol. The van der Waals surface area contributed by atoms with Crippen molar-refractivity contribution in [1.29, 1.82) is 5.26 Å². The van der Waals surface area contributed by atoms with Gasteiger partial charge in [-0.15, -0.1) is 6.58 Å². The number of amides is 1. The lowest BCUT2D eigenvalue weighted by Gasteiger charge is -2.08. The van der Waals surface area contributed by atoms with Gasteiger partial charge in [0.25, 0.3) is 5.91 Å². The zero-order chi connectivity index (χ0) is 17.6. The molecule has 2 aromatic rings. The minimum atomic E-state index is -3.70. The van der Waals surface area contributed by atoms with E-state index >= 15 is 0 Å². The van der Waals surface area contributed by atoms with Crippen LogP contribution in [0.5, 0.6) is 0 Å². The fraction of sp³-hybridized carbons (Fsp3) is 0.0588. The van der Waals surface area contributed by atoms with Crippen LogP contribution in [-0.4, -0.2) is 20.9 Å². The van der Waals surface area contributed by atoms with Crippen molar-refractivity contribution in [2.75, 3.05) is 11.9 Å². The van der Waals surface area contributed by atoms with Crippen LogP contribution in [0.2, 0.25) is 0 Å². The third kappa shape index (κ3) is 4.29. The lowest BCUT2D eigenvalue weighted by Crippen LogP contribution is -2.24. The van der Waals surface area contributed by atoms with Crippen molar-refractivity contribution in [1.82, 2.24) is 4.72 Å². The lowest BCUT2D eigenvalue weighted by molar-refractivity contribution is 0.102. The standard InChI is InChI=1S/C17H15N3O3S/c1-2-10-19-24(22,23)16-5-3-4-14(11-16)17(21)20-15-8-6-13(12-18)7-9-15/h2-9,11,19H,1,10H2,(H,20,21). The molecule has 6 nitrogen and oxygen atoms in total. The van der Waals surface area contributed by atoms with Crippen LogP contribution in [0, 0.1) is 11.3 Å². The summed E-state index contributed by atoms with van der Waals surface area (Å²) in [5.74, 6) is -0.444. The summed E-state index contributed by atoms with van der Waals surface area (Å²) < 4.78 is 26.5. The van der Waals surface area contributed by atoms with Crippen LogP contribution in [0.25, 0.3) is 0 Å². The number of nitrogens with one attached hydrogen (secondary N) is 2. The van der Waals surface area contributed by atoms with E-state index in [-0.39, 0.29) is 17.0 Å². The Kier molecular flexibility index (Phi) is 5.47. The van der Waals surface area contributed by atoms with Gasteiger partial charge in [0.05, 0.1) is 16.5 Å². The van der Waals surface area contributed by atoms with E-state index in [4.69, 9.17) is 5.26 Å². The van der Waals surface area contributed by atoms with Gasteiger partial charge in [0.1, 0.15) is 0 Å². The lowest BCUT2D eigenvalue weighted by atomic mass is 10.2. The number of anilines is 1. The molecule has 0 saturated carbocycles. The predicted molar refractivity (Wildman–Crippen MR) is 90.9 cm³/mol. The average molecular weight is 341 g/mol. The van der Waals surface area contributed by atoms with E-state index in [9.17, 15) is 13.2 Å². The molecule has 0 bridgehead atoms. The van der Waals surface area contributed by atoms with Gasteiger partial charge in [0.15, 0.2) is 0 Å². The van der Waals surface area contributed by atoms with Crippen molar-refractivity contribution in [3.8, 4) is 6.07 Å². The Morgan fingerprint density at radius 3 is 2.54 bits per heavy atom. The number of benzene rings is 2. The number of sulfonamides is 1. The van der Waals surface area contributed by atoms with Crippen LogP contribution in [0.1, 0.15) is 15.9 Å². The van der Waals surface area contributed by atoms with Gasteiger partial charge in [-0.05, 0) is 42.5 Å². The topological polar surface area (TPSA) is 99.1 Å². The first kappa shape index (κ1) is 17.4. The van der Waals surface area contributed by atoms with Gasteiger partial charge in [-0.3, -0.25) is 4.79 Å². The van der Waals surface area contributed by atoms with Gasteiger partial charge >= 0.3 is 0 Å². The average Bonchev–Trinajstić information content (AvgIpc) is 2.61. The van der Waals surface area contributed by atoms with E-state index in [1.807, 2.05) is 6.07 Å². The van der Waals surface area contributed by atoms with Gasteiger partial charge in [-0.25, -0.2) is 13.1 Å². The first-order valence-corrected chi connectivity index (χ1v) is 8.47. The summed E-state index contributed by atoms with van der Waals surface area (Å²) in [5, 5.41) is 11.4. The molecule has 0 unspecified atom stereocenters. The second-order valence-corrected chi connectivity index (χ2v) is 6.58. The van der Waals surface area contributed by atoms with E-state index in [0.717, 1.165) is 0 Å². The molecular formula is C17H15N3O3S. The fourth-order valence-corrected chi connectivity index (χ4v) is 2.93. The largest absolute Gasteiger partial charge is 0.322 e. The molecule has 0 aliphatic rings. The maximum atomic E-state index is 12.3. The molecule has 0 aliphatic carbocycles. The van der Waals surface area contributed by atoms with Gasteiger partial charge < -0.3 is 5.32 Å². The molecule has 0 aliphatic heterocycles. The normalized spacial score (nSPS) is 10.6. The zero-order valence-corrected chi connectivity index (χ0v) is 13.5. The highest BCUT2D eigenvalue weighted by molar-refractivity contribution is 7.89. The number of hydrogen-bond acceptors (Lipinski definition) is 4. The highest BCUT2D eigenvalue weighted by Crippen LogP contribution is 2.14. The van der Waals surface area contributed by atoms with E-state index in [1.165, 1.54) is 30.3 Å². The second kappa shape index (κ2) is 7.55. The Hall–Kier alpha value is -2.95. The van der Waals surface area contributed by atoms with Crippen LogP contribution in [-0.2, 0) is 10.0 Å². The number of hydrogen-bond donors (Lipinski definition) is 2. The molecule has 0 radical (unpaired) electrons. The minimum Gasteiger partial charge on any atom is -0.322 e. The first-order chi connectivity index (χ1) is 11.5. The molecule has 0 heterocycles. The molecule has 122 valence electrons. The van der Waals surface area contributed by atoms with Crippen molar-refractivity contribution in [3.05, 3.63) is 72.3 Å². The Morgan fingerprint density at radius 1 is 1.21 bits per heavy atom. The summed E-state index contributed by atoms with van der Waals surface area (Å²) >= 11 is 0. The smallest absolute Gasteiger partial charge is 0.255 e. The van der Waals surface area contributed by atoms with E-state index < -0.39 is 15.9 Å². The summed E-state index contributed by atoms with van der Waals surface area (Å²) in [6.45, 7) is 3.55. The van der Waals surface area contributed by atoms with Crippen molar-refractivity contribution >= 4 is 21.6 Å². The number of nitrogens with zero attached hydrogens (tertiary/aromatic N) is 1. The molecule has 0 spiro atoms. The van der Waals surface area contributed by atoms with Crippen LogP contribution < -0.4 is 10.0 Å².